The van der Waals surface area contributed by atoms with Gasteiger partial charge in [-0.15, -0.1) is 5.10 Å². The SMILES string of the molecule is CC(Cn1cncn1)Oc1cc(-c2cnc(Nc3cn(C4CCC(N5CCOCC5)CC4)nc3OCC3CCOCC3)nc2)ccc1Cl. The lowest BCUT2D eigenvalue weighted by molar-refractivity contribution is 0.00501. The molecule has 3 aromatic heterocycles. The third kappa shape index (κ3) is 8.25. The Morgan fingerprint density at radius 3 is 2.46 bits per heavy atom. The third-order valence-corrected chi connectivity index (χ3v) is 9.81. The van der Waals surface area contributed by atoms with Crippen molar-refractivity contribution in [2.75, 3.05) is 51.4 Å². The Morgan fingerprint density at radius 1 is 0.958 bits per heavy atom. The number of nitrogens with one attached hydrogen (secondary N) is 1. The summed E-state index contributed by atoms with van der Waals surface area (Å²) in [5.41, 5.74) is 2.51. The summed E-state index contributed by atoms with van der Waals surface area (Å²) in [6, 6.07) is 6.62. The van der Waals surface area contributed by atoms with Gasteiger partial charge in [0.05, 0.1) is 43.6 Å². The molecule has 1 saturated carbocycles. The van der Waals surface area contributed by atoms with Crippen LogP contribution >= 0.6 is 11.6 Å². The number of aromatic nitrogens is 7. The van der Waals surface area contributed by atoms with Gasteiger partial charge in [-0.25, -0.2) is 19.6 Å². The summed E-state index contributed by atoms with van der Waals surface area (Å²) < 4.78 is 27.4. The first-order valence-corrected chi connectivity index (χ1v) is 17.4. The number of hydrogen-bond donors (Lipinski definition) is 1. The molecule has 1 N–H and O–H groups in total. The molecule has 2 saturated heterocycles. The smallest absolute Gasteiger partial charge is 0.256 e. The lowest BCUT2D eigenvalue weighted by Crippen LogP contribution is -2.45. The fourth-order valence-corrected chi connectivity index (χ4v) is 6.94. The molecule has 0 radical (unpaired) electrons. The highest BCUT2D eigenvalue weighted by atomic mass is 35.5. The third-order valence-electron chi connectivity index (χ3n) is 9.50. The lowest BCUT2D eigenvalue weighted by atomic mass is 9.90. The molecule has 1 aromatic carbocycles. The highest BCUT2D eigenvalue weighted by Gasteiger charge is 2.29. The number of hydrogen-bond acceptors (Lipinski definition) is 11. The van der Waals surface area contributed by atoms with Gasteiger partial charge in [0.2, 0.25) is 5.95 Å². The maximum Gasteiger partial charge on any atom is 0.256 e. The topological polar surface area (TPSA) is 126 Å². The molecule has 256 valence electrons. The fourth-order valence-electron chi connectivity index (χ4n) is 6.77. The summed E-state index contributed by atoms with van der Waals surface area (Å²) in [7, 11) is 0. The van der Waals surface area contributed by atoms with E-state index in [-0.39, 0.29) is 6.10 Å². The summed E-state index contributed by atoms with van der Waals surface area (Å²) in [5, 5.41) is 13.0. The Kier molecular flexibility index (Phi) is 10.7. The van der Waals surface area contributed by atoms with Gasteiger partial charge in [0.1, 0.15) is 30.2 Å². The second kappa shape index (κ2) is 15.6. The van der Waals surface area contributed by atoms with E-state index in [1.807, 2.05) is 25.1 Å². The highest BCUT2D eigenvalue weighted by molar-refractivity contribution is 6.32. The summed E-state index contributed by atoms with van der Waals surface area (Å²) in [6.07, 6.45) is 15.1. The standard InChI is InChI=1S/C34H44ClN9O4/c1-24(19-43-23-36-22-39-43)48-32-16-26(2-7-30(32)35)27-17-37-34(38-18-27)40-31-20-44(41-33(31)47-21-25-8-12-45-13-9-25)29-5-3-28(4-6-29)42-10-14-46-15-11-42/h2,7,16-18,20,22-25,28-29H,3-6,8-15,19,21H2,1H3,(H,37,38,40). The summed E-state index contributed by atoms with van der Waals surface area (Å²) in [4.78, 5) is 15.9. The van der Waals surface area contributed by atoms with Gasteiger partial charge in [0.25, 0.3) is 5.88 Å². The average Bonchev–Trinajstić information content (AvgIpc) is 3.79. The minimum Gasteiger partial charge on any atom is -0.487 e. The van der Waals surface area contributed by atoms with Crippen LogP contribution in [0.15, 0.2) is 49.4 Å². The maximum atomic E-state index is 6.48. The molecule has 1 atom stereocenters. The van der Waals surface area contributed by atoms with Crippen molar-refractivity contribution in [1.29, 1.82) is 0 Å². The molecule has 7 rings (SSSR count). The molecule has 5 heterocycles. The summed E-state index contributed by atoms with van der Waals surface area (Å²) in [5.74, 6) is 2.10. The quantitative estimate of drug-likeness (QED) is 0.207. The molecule has 48 heavy (non-hydrogen) atoms. The molecule has 3 aliphatic rings. The van der Waals surface area contributed by atoms with Gasteiger partial charge in [0, 0.05) is 50.3 Å². The molecule has 14 heteroatoms. The summed E-state index contributed by atoms with van der Waals surface area (Å²) in [6.45, 7) is 8.43. The van der Waals surface area contributed by atoms with Gasteiger partial charge < -0.3 is 24.3 Å². The van der Waals surface area contributed by atoms with E-state index in [0.29, 0.717) is 53.8 Å². The second-order valence-corrected chi connectivity index (χ2v) is 13.3. The minimum absolute atomic E-state index is 0.161. The molecular formula is C34H44ClN9O4. The molecule has 1 aliphatic carbocycles. The van der Waals surface area contributed by atoms with Crippen LogP contribution in [0.2, 0.25) is 5.02 Å². The first-order valence-electron chi connectivity index (χ1n) is 17.1. The van der Waals surface area contributed by atoms with Crippen LogP contribution in [0.25, 0.3) is 11.1 Å². The van der Waals surface area contributed by atoms with Crippen molar-refractivity contribution in [3.63, 3.8) is 0 Å². The van der Waals surface area contributed by atoms with E-state index in [4.69, 9.17) is 35.6 Å². The Bertz CT molecular complexity index is 1580. The molecule has 0 bridgehead atoms. The number of nitrogens with zero attached hydrogens (tertiary/aromatic N) is 8. The Hall–Kier alpha value is -3.78. The van der Waals surface area contributed by atoms with Crippen molar-refractivity contribution in [3.05, 3.63) is 54.5 Å². The van der Waals surface area contributed by atoms with E-state index in [1.165, 1.54) is 6.33 Å². The van der Waals surface area contributed by atoms with Gasteiger partial charge in [-0.2, -0.15) is 5.10 Å². The second-order valence-electron chi connectivity index (χ2n) is 12.9. The monoisotopic (exact) mass is 677 g/mol. The normalized spacial score (nSPS) is 21.5. The predicted molar refractivity (Wildman–Crippen MR) is 181 cm³/mol. The molecule has 0 amide bonds. The summed E-state index contributed by atoms with van der Waals surface area (Å²) >= 11 is 6.48. The van der Waals surface area contributed by atoms with Crippen molar-refractivity contribution < 1.29 is 18.9 Å². The van der Waals surface area contributed by atoms with Crippen LogP contribution in [0, 0.1) is 5.92 Å². The number of rotatable bonds is 12. The van der Waals surface area contributed by atoms with Gasteiger partial charge in [-0.1, -0.05) is 17.7 Å². The first-order chi connectivity index (χ1) is 23.6. The molecule has 13 nitrogen and oxygen atoms in total. The van der Waals surface area contributed by atoms with Crippen LogP contribution in [0.5, 0.6) is 11.6 Å². The number of benzene rings is 1. The van der Waals surface area contributed by atoms with Gasteiger partial charge >= 0.3 is 0 Å². The Morgan fingerprint density at radius 2 is 1.71 bits per heavy atom. The number of anilines is 2. The van der Waals surface area contributed by atoms with Crippen molar-refractivity contribution in [2.24, 2.45) is 5.92 Å². The van der Waals surface area contributed by atoms with E-state index in [0.717, 1.165) is 94.9 Å². The van der Waals surface area contributed by atoms with E-state index in [9.17, 15) is 0 Å². The zero-order chi connectivity index (χ0) is 32.7. The minimum atomic E-state index is -0.161. The lowest BCUT2D eigenvalue weighted by Gasteiger charge is -2.38. The van der Waals surface area contributed by atoms with Crippen LogP contribution in [0.1, 0.15) is 51.5 Å². The number of halogens is 1. The molecule has 0 spiro atoms. The fraction of sp³-hybridized carbons (Fsp3) is 0.559. The Balaban J connectivity index is 1.03. The van der Waals surface area contributed by atoms with Crippen LogP contribution < -0.4 is 14.8 Å². The van der Waals surface area contributed by atoms with Crippen LogP contribution in [0.3, 0.4) is 0 Å². The maximum absolute atomic E-state index is 6.48. The first kappa shape index (κ1) is 32.8. The Labute approximate surface area is 285 Å². The number of ether oxygens (including phenoxy) is 4. The number of morpholine rings is 1. The molecular weight excluding hydrogens is 634 g/mol. The van der Waals surface area contributed by atoms with Crippen LogP contribution in [-0.4, -0.2) is 97.7 Å². The predicted octanol–water partition coefficient (Wildman–Crippen LogP) is 5.42. The largest absolute Gasteiger partial charge is 0.487 e. The van der Waals surface area contributed by atoms with Crippen molar-refractivity contribution in [3.8, 4) is 22.8 Å². The zero-order valence-corrected chi connectivity index (χ0v) is 28.2. The molecule has 2 aliphatic heterocycles. The van der Waals surface area contributed by atoms with E-state index >= 15 is 0 Å². The highest BCUT2D eigenvalue weighted by Crippen LogP contribution is 2.36. The molecule has 1 unspecified atom stereocenters. The van der Waals surface area contributed by atoms with E-state index in [2.05, 4.69) is 41.1 Å². The molecule has 3 fully saturated rings. The van der Waals surface area contributed by atoms with Gasteiger partial charge in [-0.05, 0) is 69.1 Å². The van der Waals surface area contributed by atoms with E-state index in [1.54, 1.807) is 23.4 Å². The van der Waals surface area contributed by atoms with Crippen molar-refractivity contribution in [1.82, 2.24) is 39.4 Å². The van der Waals surface area contributed by atoms with Crippen LogP contribution in [0.4, 0.5) is 11.6 Å². The average molecular weight is 678 g/mol. The van der Waals surface area contributed by atoms with Gasteiger partial charge in [0.15, 0.2) is 0 Å². The van der Waals surface area contributed by atoms with Gasteiger partial charge in [-0.3, -0.25) is 9.58 Å². The van der Waals surface area contributed by atoms with Crippen molar-refractivity contribution in [2.45, 2.75) is 70.2 Å². The van der Waals surface area contributed by atoms with E-state index < -0.39 is 0 Å². The molecule has 4 aromatic rings. The zero-order valence-electron chi connectivity index (χ0n) is 27.4. The van der Waals surface area contributed by atoms with Crippen molar-refractivity contribution >= 4 is 23.2 Å². The van der Waals surface area contributed by atoms with Crippen LogP contribution in [-0.2, 0) is 16.0 Å².